The van der Waals surface area contributed by atoms with Gasteiger partial charge in [0.25, 0.3) is 0 Å². The molecule has 0 amide bonds. The van der Waals surface area contributed by atoms with Crippen molar-refractivity contribution in [2.45, 2.75) is 52.4 Å². The Balaban J connectivity index is 3.97. The predicted octanol–water partition coefficient (Wildman–Crippen LogP) is 2.34. The van der Waals surface area contributed by atoms with E-state index >= 15 is 0 Å². The molecular formula is C11H24O2. The van der Waals surface area contributed by atoms with Crippen LogP contribution < -0.4 is 0 Å². The van der Waals surface area contributed by atoms with Gasteiger partial charge in [0.1, 0.15) is 0 Å². The first-order valence-corrected chi connectivity index (χ1v) is 5.46. The van der Waals surface area contributed by atoms with Crippen LogP contribution in [0.4, 0.5) is 0 Å². The number of aliphatic hydroxyl groups excluding tert-OH is 2. The topological polar surface area (TPSA) is 40.5 Å². The van der Waals surface area contributed by atoms with E-state index < -0.39 is 0 Å². The van der Waals surface area contributed by atoms with Gasteiger partial charge in [-0.25, -0.2) is 0 Å². The molecule has 0 rings (SSSR count). The molecule has 0 aromatic heterocycles. The molecule has 80 valence electrons. The molecule has 13 heavy (non-hydrogen) atoms. The largest absolute Gasteiger partial charge is 0.396 e. The highest BCUT2D eigenvalue weighted by Crippen LogP contribution is 2.29. The molecule has 0 saturated carbocycles. The van der Waals surface area contributed by atoms with Gasteiger partial charge in [0.2, 0.25) is 0 Å². The number of aliphatic hydroxyl groups is 2. The van der Waals surface area contributed by atoms with E-state index in [2.05, 4.69) is 13.8 Å². The Morgan fingerprint density at radius 1 is 0.846 bits per heavy atom. The second-order valence-electron chi connectivity index (χ2n) is 4.02. The summed E-state index contributed by atoms with van der Waals surface area (Å²) in [7, 11) is 0. The third kappa shape index (κ3) is 4.63. The average molecular weight is 188 g/mol. The Bertz CT molecular complexity index is 98.7. The van der Waals surface area contributed by atoms with Gasteiger partial charge in [0, 0.05) is 5.41 Å². The lowest BCUT2D eigenvalue weighted by atomic mass is 9.80. The first-order valence-electron chi connectivity index (χ1n) is 5.46. The first-order chi connectivity index (χ1) is 6.24. The van der Waals surface area contributed by atoms with Crippen molar-refractivity contribution in [1.82, 2.24) is 0 Å². The van der Waals surface area contributed by atoms with Crippen molar-refractivity contribution in [2.24, 2.45) is 5.41 Å². The maximum atomic E-state index is 9.27. The monoisotopic (exact) mass is 188 g/mol. The van der Waals surface area contributed by atoms with Crippen molar-refractivity contribution >= 4 is 0 Å². The quantitative estimate of drug-likeness (QED) is 0.614. The van der Waals surface area contributed by atoms with Gasteiger partial charge in [0.05, 0.1) is 13.2 Å². The standard InChI is InChI=1S/C11H24O2/c1-3-5-7-11(9-12,10-13)8-6-4-2/h12-13H,3-10H2,1-2H3. The summed E-state index contributed by atoms with van der Waals surface area (Å²) < 4.78 is 0. The van der Waals surface area contributed by atoms with Crippen molar-refractivity contribution in [3.8, 4) is 0 Å². The van der Waals surface area contributed by atoms with Crippen LogP contribution in [0.2, 0.25) is 0 Å². The van der Waals surface area contributed by atoms with Crippen LogP contribution in [0.25, 0.3) is 0 Å². The molecule has 0 saturated heterocycles. The average Bonchev–Trinajstić information content (AvgIpc) is 2.20. The lowest BCUT2D eigenvalue weighted by molar-refractivity contribution is 0.0361. The fourth-order valence-corrected chi connectivity index (χ4v) is 1.59. The van der Waals surface area contributed by atoms with E-state index in [0.29, 0.717) is 0 Å². The zero-order valence-electron chi connectivity index (χ0n) is 9.05. The van der Waals surface area contributed by atoms with Crippen LogP contribution in [0.1, 0.15) is 52.4 Å². The highest BCUT2D eigenvalue weighted by molar-refractivity contribution is 4.77. The molecule has 0 unspecified atom stereocenters. The molecule has 0 radical (unpaired) electrons. The molecule has 0 atom stereocenters. The third-order valence-corrected chi connectivity index (χ3v) is 2.79. The van der Waals surface area contributed by atoms with Crippen LogP contribution >= 0.6 is 0 Å². The summed E-state index contributed by atoms with van der Waals surface area (Å²) in [6, 6.07) is 0. The molecule has 0 heterocycles. The minimum atomic E-state index is -0.202. The smallest absolute Gasteiger partial charge is 0.0509 e. The summed E-state index contributed by atoms with van der Waals surface area (Å²) in [6.07, 6.45) is 6.38. The predicted molar refractivity (Wildman–Crippen MR) is 55.7 cm³/mol. The summed E-state index contributed by atoms with van der Waals surface area (Å²) >= 11 is 0. The van der Waals surface area contributed by atoms with Crippen LogP contribution in [0.5, 0.6) is 0 Å². The molecule has 0 aliphatic heterocycles. The Kier molecular flexibility index (Phi) is 7.29. The molecule has 0 bridgehead atoms. The van der Waals surface area contributed by atoms with Crippen molar-refractivity contribution in [1.29, 1.82) is 0 Å². The van der Waals surface area contributed by atoms with E-state index in [1.54, 1.807) is 0 Å². The lowest BCUT2D eigenvalue weighted by Gasteiger charge is -2.29. The molecule has 0 aliphatic carbocycles. The molecule has 0 spiro atoms. The van der Waals surface area contributed by atoms with E-state index in [4.69, 9.17) is 0 Å². The second-order valence-corrected chi connectivity index (χ2v) is 4.02. The fourth-order valence-electron chi connectivity index (χ4n) is 1.59. The number of unbranched alkanes of at least 4 members (excludes halogenated alkanes) is 2. The van der Waals surface area contributed by atoms with Gasteiger partial charge in [-0.1, -0.05) is 39.5 Å². The number of rotatable bonds is 8. The van der Waals surface area contributed by atoms with Crippen molar-refractivity contribution in [3.63, 3.8) is 0 Å². The van der Waals surface area contributed by atoms with Gasteiger partial charge in [-0.15, -0.1) is 0 Å². The molecule has 2 nitrogen and oxygen atoms in total. The van der Waals surface area contributed by atoms with Crippen LogP contribution in [0.15, 0.2) is 0 Å². The SMILES string of the molecule is CCCCC(CO)(CO)CCCC. The summed E-state index contributed by atoms with van der Waals surface area (Å²) in [5.41, 5.74) is -0.202. The van der Waals surface area contributed by atoms with Crippen molar-refractivity contribution in [3.05, 3.63) is 0 Å². The highest BCUT2D eigenvalue weighted by atomic mass is 16.3. The minimum absolute atomic E-state index is 0.128. The van der Waals surface area contributed by atoms with Crippen molar-refractivity contribution in [2.75, 3.05) is 13.2 Å². The summed E-state index contributed by atoms with van der Waals surface area (Å²) in [4.78, 5) is 0. The van der Waals surface area contributed by atoms with E-state index in [0.717, 1.165) is 38.5 Å². The van der Waals surface area contributed by atoms with E-state index in [9.17, 15) is 10.2 Å². The molecule has 0 fully saturated rings. The summed E-state index contributed by atoms with van der Waals surface area (Å²) in [5, 5.41) is 18.5. The molecule has 0 aromatic carbocycles. The maximum absolute atomic E-state index is 9.27. The summed E-state index contributed by atoms with van der Waals surface area (Å²) in [6.45, 7) is 4.53. The van der Waals surface area contributed by atoms with Gasteiger partial charge in [-0.2, -0.15) is 0 Å². The molecule has 2 N–H and O–H groups in total. The number of hydrogen-bond donors (Lipinski definition) is 2. The van der Waals surface area contributed by atoms with E-state index in [1.165, 1.54) is 0 Å². The molecule has 0 aromatic rings. The third-order valence-electron chi connectivity index (χ3n) is 2.79. The van der Waals surface area contributed by atoms with Gasteiger partial charge in [0.15, 0.2) is 0 Å². The van der Waals surface area contributed by atoms with Crippen LogP contribution in [0, 0.1) is 5.41 Å². The molecular weight excluding hydrogens is 164 g/mol. The zero-order chi connectivity index (χ0) is 10.2. The van der Waals surface area contributed by atoms with Crippen molar-refractivity contribution < 1.29 is 10.2 Å². The van der Waals surface area contributed by atoms with Gasteiger partial charge < -0.3 is 10.2 Å². The Morgan fingerprint density at radius 3 is 1.46 bits per heavy atom. The second kappa shape index (κ2) is 7.34. The molecule has 2 heteroatoms. The normalized spacial score (nSPS) is 12.0. The maximum Gasteiger partial charge on any atom is 0.0509 e. The zero-order valence-corrected chi connectivity index (χ0v) is 9.05. The van der Waals surface area contributed by atoms with Crippen LogP contribution in [0.3, 0.4) is 0 Å². The van der Waals surface area contributed by atoms with Gasteiger partial charge >= 0.3 is 0 Å². The van der Waals surface area contributed by atoms with Gasteiger partial charge in [-0.05, 0) is 12.8 Å². The first kappa shape index (κ1) is 12.9. The highest BCUT2D eigenvalue weighted by Gasteiger charge is 2.26. The van der Waals surface area contributed by atoms with E-state index in [1.807, 2.05) is 0 Å². The Labute approximate surface area is 82.0 Å². The van der Waals surface area contributed by atoms with E-state index in [-0.39, 0.29) is 18.6 Å². The molecule has 0 aliphatic rings. The minimum Gasteiger partial charge on any atom is -0.396 e. The van der Waals surface area contributed by atoms with Crippen LogP contribution in [-0.4, -0.2) is 23.4 Å². The fraction of sp³-hybridized carbons (Fsp3) is 1.00. The Morgan fingerprint density at radius 2 is 1.23 bits per heavy atom. The Hall–Kier alpha value is -0.0800. The van der Waals surface area contributed by atoms with Gasteiger partial charge in [-0.3, -0.25) is 0 Å². The summed E-state index contributed by atoms with van der Waals surface area (Å²) in [5.74, 6) is 0. The van der Waals surface area contributed by atoms with Crippen LogP contribution in [-0.2, 0) is 0 Å². The number of hydrogen-bond acceptors (Lipinski definition) is 2. The lowest BCUT2D eigenvalue weighted by Crippen LogP contribution is -2.29.